The first kappa shape index (κ1) is 14.7. The number of hydrogen-bond donors (Lipinski definition) is 2. The van der Waals surface area contributed by atoms with E-state index in [0.717, 1.165) is 31.6 Å². The number of hydrogen-bond acceptors (Lipinski definition) is 4. The third kappa shape index (κ3) is 3.51. The first-order valence-electron chi connectivity index (χ1n) is 7.65. The van der Waals surface area contributed by atoms with Gasteiger partial charge in [-0.15, -0.1) is 0 Å². The van der Waals surface area contributed by atoms with Crippen LogP contribution in [0.2, 0.25) is 0 Å². The van der Waals surface area contributed by atoms with Crippen LogP contribution in [0, 0.1) is 5.92 Å². The maximum absolute atomic E-state index is 12.4. The van der Waals surface area contributed by atoms with E-state index in [1.54, 1.807) is 6.07 Å². The molecular weight excluding hydrogens is 280 g/mol. The molecule has 1 aromatic heterocycles. The molecule has 6 heteroatoms. The van der Waals surface area contributed by atoms with Gasteiger partial charge in [0.25, 0.3) is 5.91 Å². The van der Waals surface area contributed by atoms with Gasteiger partial charge in [-0.1, -0.05) is 18.2 Å². The summed E-state index contributed by atoms with van der Waals surface area (Å²) in [6.45, 7) is 2.34. The number of nitrogens with one attached hydrogen (secondary N) is 2. The quantitative estimate of drug-likeness (QED) is 0.885. The number of amides is 1. The van der Waals surface area contributed by atoms with Gasteiger partial charge < -0.3 is 10.1 Å². The van der Waals surface area contributed by atoms with Crippen LogP contribution < -0.4 is 5.32 Å². The molecule has 1 aliphatic rings. The fourth-order valence-corrected chi connectivity index (χ4v) is 2.74. The zero-order chi connectivity index (χ0) is 15.2. The minimum absolute atomic E-state index is 0.0799. The van der Waals surface area contributed by atoms with Gasteiger partial charge in [0, 0.05) is 25.3 Å². The molecule has 0 unspecified atom stereocenters. The zero-order valence-corrected chi connectivity index (χ0v) is 12.4. The van der Waals surface area contributed by atoms with Gasteiger partial charge in [0.2, 0.25) is 0 Å². The molecular formula is C16H20N4O2. The van der Waals surface area contributed by atoms with Crippen molar-refractivity contribution in [3.63, 3.8) is 0 Å². The minimum Gasteiger partial charge on any atom is -0.381 e. The molecule has 2 aromatic rings. The number of nitrogens with zero attached hydrogens (tertiary/aromatic N) is 2. The molecule has 0 aliphatic carbocycles. The van der Waals surface area contributed by atoms with Gasteiger partial charge >= 0.3 is 0 Å². The Morgan fingerprint density at radius 1 is 1.41 bits per heavy atom. The number of aromatic amines is 1. The van der Waals surface area contributed by atoms with Crippen LogP contribution in [0.1, 0.15) is 29.6 Å². The maximum atomic E-state index is 12.4. The summed E-state index contributed by atoms with van der Waals surface area (Å²) in [6.07, 6.45) is 4.70. The summed E-state index contributed by atoms with van der Waals surface area (Å²) in [5.74, 6) is 1.08. The van der Waals surface area contributed by atoms with Crippen LogP contribution in [0.5, 0.6) is 0 Å². The Labute approximate surface area is 129 Å². The highest BCUT2D eigenvalue weighted by Gasteiger charge is 2.16. The van der Waals surface area contributed by atoms with Crippen molar-refractivity contribution in [3.05, 3.63) is 36.2 Å². The van der Waals surface area contributed by atoms with E-state index in [1.165, 1.54) is 12.7 Å². The molecule has 1 fully saturated rings. The molecule has 3 rings (SSSR count). The number of ether oxygens (including phenoxy) is 1. The van der Waals surface area contributed by atoms with E-state index in [1.807, 2.05) is 18.2 Å². The van der Waals surface area contributed by atoms with Gasteiger partial charge in [0.05, 0.1) is 5.56 Å². The van der Waals surface area contributed by atoms with Gasteiger partial charge in [-0.3, -0.25) is 9.89 Å². The largest absolute Gasteiger partial charge is 0.381 e. The average molecular weight is 300 g/mol. The van der Waals surface area contributed by atoms with Crippen molar-refractivity contribution in [2.75, 3.05) is 19.8 Å². The minimum atomic E-state index is -0.0799. The summed E-state index contributed by atoms with van der Waals surface area (Å²) < 4.78 is 5.46. The summed E-state index contributed by atoms with van der Waals surface area (Å²) >= 11 is 0. The van der Waals surface area contributed by atoms with E-state index in [0.29, 0.717) is 23.9 Å². The lowest BCUT2D eigenvalue weighted by molar-refractivity contribution is 0.0514. The molecule has 1 saturated heterocycles. The van der Waals surface area contributed by atoms with Crippen LogP contribution in [0.25, 0.3) is 11.4 Å². The molecule has 1 aliphatic heterocycles. The van der Waals surface area contributed by atoms with Crippen molar-refractivity contribution in [2.24, 2.45) is 5.92 Å². The summed E-state index contributed by atoms with van der Waals surface area (Å²) in [4.78, 5) is 16.5. The van der Waals surface area contributed by atoms with Crippen molar-refractivity contribution in [3.8, 4) is 11.4 Å². The summed E-state index contributed by atoms with van der Waals surface area (Å²) in [5.41, 5.74) is 1.37. The van der Waals surface area contributed by atoms with Crippen molar-refractivity contribution in [2.45, 2.75) is 19.3 Å². The average Bonchev–Trinajstić information content (AvgIpc) is 3.10. The number of carbonyl (C=O) groups is 1. The lowest BCUT2D eigenvalue weighted by atomic mass is 9.98. The summed E-state index contributed by atoms with van der Waals surface area (Å²) in [7, 11) is 0. The smallest absolute Gasteiger partial charge is 0.252 e. The third-order valence-corrected chi connectivity index (χ3v) is 3.93. The molecule has 22 heavy (non-hydrogen) atoms. The Morgan fingerprint density at radius 3 is 3.09 bits per heavy atom. The van der Waals surface area contributed by atoms with Gasteiger partial charge in [0.15, 0.2) is 5.82 Å². The lowest BCUT2D eigenvalue weighted by Gasteiger charge is -2.22. The topological polar surface area (TPSA) is 79.9 Å². The molecule has 0 bridgehead atoms. The van der Waals surface area contributed by atoms with Crippen molar-refractivity contribution >= 4 is 5.91 Å². The maximum Gasteiger partial charge on any atom is 0.252 e. The number of carbonyl (C=O) groups excluding carboxylic acids is 1. The highest BCUT2D eigenvalue weighted by molar-refractivity contribution is 6.00. The van der Waals surface area contributed by atoms with E-state index < -0.39 is 0 Å². The summed E-state index contributed by atoms with van der Waals surface area (Å²) in [5, 5.41) is 9.63. The molecule has 1 amide bonds. The second-order valence-corrected chi connectivity index (χ2v) is 5.51. The summed E-state index contributed by atoms with van der Waals surface area (Å²) in [6, 6.07) is 7.40. The van der Waals surface area contributed by atoms with Gasteiger partial charge in [-0.2, -0.15) is 5.10 Å². The predicted octanol–water partition coefficient (Wildman–Crippen LogP) is 2.02. The SMILES string of the molecule is O=C(NCC[C@@H]1CCCOC1)c1ccccc1-c1ncn[nH]1. The molecule has 0 spiro atoms. The third-order valence-electron chi connectivity index (χ3n) is 3.93. The van der Waals surface area contributed by atoms with E-state index in [2.05, 4.69) is 20.5 Å². The van der Waals surface area contributed by atoms with Crippen LogP contribution in [-0.4, -0.2) is 40.8 Å². The fourth-order valence-electron chi connectivity index (χ4n) is 2.74. The van der Waals surface area contributed by atoms with Crippen molar-refractivity contribution in [1.29, 1.82) is 0 Å². The fraction of sp³-hybridized carbons (Fsp3) is 0.438. The molecule has 0 radical (unpaired) electrons. The molecule has 2 N–H and O–H groups in total. The van der Waals surface area contributed by atoms with Crippen LogP contribution >= 0.6 is 0 Å². The van der Waals surface area contributed by atoms with Gasteiger partial charge in [-0.25, -0.2) is 4.98 Å². The molecule has 116 valence electrons. The van der Waals surface area contributed by atoms with E-state index in [-0.39, 0.29) is 5.91 Å². The number of benzene rings is 1. The zero-order valence-electron chi connectivity index (χ0n) is 12.4. The Bertz CT molecular complexity index is 606. The van der Waals surface area contributed by atoms with Crippen LogP contribution in [0.4, 0.5) is 0 Å². The van der Waals surface area contributed by atoms with Crippen LogP contribution in [0.3, 0.4) is 0 Å². The monoisotopic (exact) mass is 300 g/mol. The number of rotatable bonds is 5. The highest BCUT2D eigenvalue weighted by atomic mass is 16.5. The normalized spacial score (nSPS) is 18.1. The number of aromatic nitrogens is 3. The Balaban J connectivity index is 1.60. The van der Waals surface area contributed by atoms with Crippen LogP contribution in [0.15, 0.2) is 30.6 Å². The van der Waals surface area contributed by atoms with Gasteiger partial charge in [0.1, 0.15) is 6.33 Å². The van der Waals surface area contributed by atoms with Crippen molar-refractivity contribution in [1.82, 2.24) is 20.5 Å². The lowest BCUT2D eigenvalue weighted by Crippen LogP contribution is -2.28. The van der Waals surface area contributed by atoms with Gasteiger partial charge in [-0.05, 0) is 31.2 Å². The van der Waals surface area contributed by atoms with Crippen LogP contribution in [-0.2, 0) is 4.74 Å². The van der Waals surface area contributed by atoms with E-state index in [4.69, 9.17) is 4.74 Å². The Kier molecular flexibility index (Phi) is 4.80. The highest BCUT2D eigenvalue weighted by Crippen LogP contribution is 2.20. The molecule has 1 aromatic carbocycles. The second-order valence-electron chi connectivity index (χ2n) is 5.51. The Morgan fingerprint density at radius 2 is 2.32 bits per heavy atom. The molecule has 2 heterocycles. The van der Waals surface area contributed by atoms with Crippen molar-refractivity contribution < 1.29 is 9.53 Å². The molecule has 1 atom stereocenters. The Hall–Kier alpha value is -2.21. The standard InChI is InChI=1S/C16H20N4O2/c21-16(17-8-7-12-4-3-9-22-10-12)14-6-2-1-5-13(14)15-18-11-19-20-15/h1-2,5-6,11-12H,3-4,7-10H2,(H,17,21)(H,18,19,20)/t12-/m0/s1. The first-order valence-corrected chi connectivity index (χ1v) is 7.65. The van der Waals surface area contributed by atoms with E-state index >= 15 is 0 Å². The molecule has 6 nitrogen and oxygen atoms in total. The number of H-pyrrole nitrogens is 1. The first-order chi connectivity index (χ1) is 10.8. The predicted molar refractivity (Wildman–Crippen MR) is 82.3 cm³/mol. The molecule has 0 saturated carbocycles. The second kappa shape index (κ2) is 7.17. The van der Waals surface area contributed by atoms with E-state index in [9.17, 15) is 4.79 Å².